The van der Waals surface area contributed by atoms with E-state index < -0.39 is 0 Å². The highest BCUT2D eigenvalue weighted by Crippen LogP contribution is 2.28. The fourth-order valence-electron chi connectivity index (χ4n) is 4.57. The Morgan fingerprint density at radius 2 is 1.74 bits per heavy atom. The number of carbonyl (C=O) groups is 1. The minimum atomic E-state index is -0.217. The molecule has 6 nitrogen and oxygen atoms in total. The minimum Gasteiger partial charge on any atom is -0.343 e. The van der Waals surface area contributed by atoms with Crippen LogP contribution in [-0.4, -0.2) is 26.8 Å². The number of rotatable bonds is 4. The number of aromatic nitrogens is 3. The van der Waals surface area contributed by atoms with Crippen LogP contribution in [0.3, 0.4) is 0 Å². The predicted octanol–water partition coefficient (Wildman–Crippen LogP) is 3.45. The summed E-state index contributed by atoms with van der Waals surface area (Å²) in [6, 6.07) is 18.1. The molecule has 0 spiro atoms. The fourth-order valence-corrected chi connectivity index (χ4v) is 4.57. The summed E-state index contributed by atoms with van der Waals surface area (Å²) in [5, 5.41) is 5.82. The van der Waals surface area contributed by atoms with Crippen LogP contribution in [0.5, 0.6) is 0 Å². The lowest BCUT2D eigenvalue weighted by Gasteiger charge is -2.17. The van der Waals surface area contributed by atoms with Crippen LogP contribution in [0, 0.1) is 13.8 Å². The van der Waals surface area contributed by atoms with E-state index in [1.807, 2.05) is 56.3 Å². The van der Waals surface area contributed by atoms with Crippen molar-refractivity contribution >= 4 is 22.4 Å². The van der Waals surface area contributed by atoms with E-state index in [0.29, 0.717) is 18.5 Å². The second-order valence-electron chi connectivity index (χ2n) is 8.06. The third-order valence-electron chi connectivity index (χ3n) is 6.26. The first-order valence-electron chi connectivity index (χ1n) is 10.5. The summed E-state index contributed by atoms with van der Waals surface area (Å²) < 4.78 is 3.44. The average molecular weight is 412 g/mol. The Balaban J connectivity index is 1.49. The summed E-state index contributed by atoms with van der Waals surface area (Å²) in [5.41, 5.74) is 4.96. The van der Waals surface area contributed by atoms with Gasteiger partial charge in [0.2, 0.25) is 5.91 Å². The van der Waals surface area contributed by atoms with E-state index in [4.69, 9.17) is 0 Å². The van der Waals surface area contributed by atoms with E-state index in [1.165, 1.54) is 10.2 Å². The normalized spacial score (nSPS) is 13.0. The molecule has 0 saturated heterocycles. The number of hydrogen-bond acceptors (Lipinski definition) is 3. The van der Waals surface area contributed by atoms with Gasteiger partial charge in [-0.15, -0.1) is 0 Å². The van der Waals surface area contributed by atoms with Gasteiger partial charge in [0.25, 0.3) is 5.56 Å². The fraction of sp³-hybridized carbons (Fsp3) is 0.240. The molecule has 1 aliphatic rings. The van der Waals surface area contributed by atoms with Crippen molar-refractivity contribution in [1.29, 1.82) is 0 Å². The number of hydrogen-bond donors (Lipinski definition) is 0. The maximum atomic E-state index is 13.3. The summed E-state index contributed by atoms with van der Waals surface area (Å²) in [6.45, 7) is 5.24. The van der Waals surface area contributed by atoms with Crippen LogP contribution in [0.15, 0.2) is 65.6 Å². The first-order chi connectivity index (χ1) is 15.0. The Hall–Kier alpha value is -3.67. The molecule has 0 saturated carbocycles. The summed E-state index contributed by atoms with van der Waals surface area (Å²) in [6.07, 6.45) is 2.55. The Kier molecular flexibility index (Phi) is 4.70. The quantitative estimate of drug-likeness (QED) is 0.516. The molecule has 156 valence electrons. The minimum absolute atomic E-state index is 0.0640. The maximum Gasteiger partial charge on any atom is 0.276 e. The second-order valence-corrected chi connectivity index (χ2v) is 8.06. The van der Waals surface area contributed by atoms with Crippen molar-refractivity contribution in [2.45, 2.75) is 33.4 Å². The average Bonchev–Trinajstić information content (AvgIpc) is 3.32. The van der Waals surface area contributed by atoms with E-state index in [0.717, 1.165) is 34.4 Å². The van der Waals surface area contributed by atoms with E-state index in [1.54, 1.807) is 11.1 Å². The summed E-state index contributed by atoms with van der Waals surface area (Å²) in [7, 11) is 0. The van der Waals surface area contributed by atoms with Gasteiger partial charge in [0.05, 0.1) is 11.6 Å². The number of amides is 1. The van der Waals surface area contributed by atoms with Crippen LogP contribution >= 0.6 is 0 Å². The van der Waals surface area contributed by atoms with E-state index in [-0.39, 0.29) is 18.0 Å². The molecular formula is C25H24N4O2. The van der Waals surface area contributed by atoms with Crippen molar-refractivity contribution in [3.05, 3.63) is 93.7 Å². The van der Waals surface area contributed by atoms with Gasteiger partial charge in [-0.05, 0) is 37.5 Å². The lowest BCUT2D eigenvalue weighted by Crippen LogP contribution is -2.36. The molecule has 0 unspecified atom stereocenters. The Morgan fingerprint density at radius 3 is 2.55 bits per heavy atom. The second kappa shape index (κ2) is 7.54. The summed E-state index contributed by atoms with van der Waals surface area (Å²) in [4.78, 5) is 28.0. The summed E-state index contributed by atoms with van der Waals surface area (Å²) >= 11 is 0. The number of para-hydroxylation sites is 1. The Morgan fingerprint density at radius 1 is 1.00 bits per heavy atom. The van der Waals surface area contributed by atoms with Crippen molar-refractivity contribution in [2.24, 2.45) is 0 Å². The number of benzene rings is 2. The van der Waals surface area contributed by atoms with Gasteiger partial charge in [0, 0.05) is 35.6 Å². The van der Waals surface area contributed by atoms with Gasteiger partial charge in [-0.25, -0.2) is 4.68 Å². The van der Waals surface area contributed by atoms with Crippen LogP contribution in [0.2, 0.25) is 0 Å². The molecule has 0 N–H and O–H groups in total. The zero-order chi connectivity index (χ0) is 21.5. The third kappa shape index (κ3) is 3.24. The molecule has 2 aromatic heterocycles. The molecule has 0 atom stereocenters. The first kappa shape index (κ1) is 19.3. The molecule has 3 heterocycles. The standard InChI is InChI=1S/C25H24N4O2/c1-17-21-14-26-29(16-23(30)27-13-12-20-10-6-7-11-22(20)27)25(31)24(21)18(2)28(17)15-19-8-4-3-5-9-19/h3-11,14H,12-13,15-16H2,1-2H3. The topological polar surface area (TPSA) is 60.1 Å². The molecule has 0 fully saturated rings. The number of nitrogens with zero attached hydrogens (tertiary/aromatic N) is 4. The van der Waals surface area contributed by atoms with Crippen LogP contribution in [0.4, 0.5) is 5.69 Å². The van der Waals surface area contributed by atoms with E-state index >= 15 is 0 Å². The molecule has 4 aromatic rings. The number of carbonyl (C=O) groups excluding carboxylic acids is 1. The Bertz CT molecular complexity index is 1350. The van der Waals surface area contributed by atoms with Crippen LogP contribution in [-0.2, 0) is 24.3 Å². The molecule has 6 heteroatoms. The number of fused-ring (bicyclic) bond motifs is 2. The SMILES string of the molecule is Cc1c2cnn(CC(=O)N3CCc4ccccc43)c(=O)c2c(C)n1Cc1ccccc1. The molecule has 31 heavy (non-hydrogen) atoms. The highest BCUT2D eigenvalue weighted by atomic mass is 16.2. The van der Waals surface area contributed by atoms with E-state index in [9.17, 15) is 9.59 Å². The molecule has 2 aromatic carbocycles. The highest BCUT2D eigenvalue weighted by molar-refractivity contribution is 5.95. The van der Waals surface area contributed by atoms with Gasteiger partial charge in [-0.3, -0.25) is 9.59 Å². The van der Waals surface area contributed by atoms with Crippen molar-refractivity contribution < 1.29 is 4.79 Å². The van der Waals surface area contributed by atoms with Crippen molar-refractivity contribution in [1.82, 2.24) is 14.3 Å². The van der Waals surface area contributed by atoms with Gasteiger partial charge >= 0.3 is 0 Å². The molecule has 0 aliphatic carbocycles. The third-order valence-corrected chi connectivity index (χ3v) is 6.26. The maximum absolute atomic E-state index is 13.3. The largest absolute Gasteiger partial charge is 0.343 e. The van der Waals surface area contributed by atoms with Crippen molar-refractivity contribution in [3.63, 3.8) is 0 Å². The monoisotopic (exact) mass is 412 g/mol. The van der Waals surface area contributed by atoms with Crippen LogP contribution < -0.4 is 10.5 Å². The highest BCUT2D eigenvalue weighted by Gasteiger charge is 2.25. The lowest BCUT2D eigenvalue weighted by molar-refractivity contribution is -0.119. The van der Waals surface area contributed by atoms with Crippen LogP contribution in [0.1, 0.15) is 22.5 Å². The smallest absolute Gasteiger partial charge is 0.276 e. The zero-order valence-corrected chi connectivity index (χ0v) is 17.7. The molecule has 1 aliphatic heterocycles. The first-order valence-corrected chi connectivity index (χ1v) is 10.5. The van der Waals surface area contributed by atoms with Crippen LogP contribution in [0.25, 0.3) is 10.8 Å². The van der Waals surface area contributed by atoms with Gasteiger partial charge in [0.1, 0.15) is 6.54 Å². The van der Waals surface area contributed by atoms with Crippen molar-refractivity contribution in [2.75, 3.05) is 11.4 Å². The van der Waals surface area contributed by atoms with Gasteiger partial charge in [0.15, 0.2) is 0 Å². The zero-order valence-electron chi connectivity index (χ0n) is 17.7. The number of anilines is 1. The lowest BCUT2D eigenvalue weighted by atomic mass is 10.2. The predicted molar refractivity (Wildman–Crippen MR) is 122 cm³/mol. The molecular weight excluding hydrogens is 388 g/mol. The van der Waals surface area contributed by atoms with Gasteiger partial charge in [-0.2, -0.15) is 5.10 Å². The molecule has 0 bridgehead atoms. The van der Waals surface area contributed by atoms with Gasteiger partial charge < -0.3 is 9.47 Å². The number of aryl methyl sites for hydroxylation is 2. The molecule has 0 radical (unpaired) electrons. The Labute approximate surface area is 180 Å². The summed E-state index contributed by atoms with van der Waals surface area (Å²) in [5.74, 6) is -0.114. The molecule has 1 amide bonds. The van der Waals surface area contributed by atoms with Gasteiger partial charge in [-0.1, -0.05) is 48.5 Å². The molecule has 5 rings (SSSR count). The van der Waals surface area contributed by atoms with E-state index in [2.05, 4.69) is 21.8 Å². The van der Waals surface area contributed by atoms with Crippen molar-refractivity contribution in [3.8, 4) is 0 Å².